The zero-order valence-electron chi connectivity index (χ0n) is 11.3. The number of rotatable bonds is 5. The number of aryl methyl sites for hydroxylation is 1. The fraction of sp³-hybridized carbons (Fsp3) is 0.214. The lowest BCUT2D eigenvalue weighted by atomic mass is 10.1. The number of pyridine rings is 1. The molecule has 2 rings (SSSR count). The molecule has 0 spiro atoms. The second-order valence-corrected chi connectivity index (χ2v) is 4.08. The Morgan fingerprint density at radius 1 is 1.60 bits per heavy atom. The Morgan fingerprint density at radius 2 is 2.45 bits per heavy atom. The number of hydrogen-bond donors (Lipinski definition) is 1. The van der Waals surface area contributed by atoms with E-state index in [2.05, 4.69) is 21.6 Å². The Morgan fingerprint density at radius 3 is 3.10 bits per heavy atom. The number of hydrazone groups is 1. The van der Waals surface area contributed by atoms with E-state index in [1.165, 1.54) is 6.21 Å². The van der Waals surface area contributed by atoms with Gasteiger partial charge >= 0.3 is 0 Å². The first kappa shape index (κ1) is 13.8. The normalized spacial score (nSPS) is 10.7. The van der Waals surface area contributed by atoms with Crippen LogP contribution in [0.2, 0.25) is 0 Å². The van der Waals surface area contributed by atoms with E-state index in [0.29, 0.717) is 23.7 Å². The van der Waals surface area contributed by atoms with Crippen LogP contribution in [0.15, 0.2) is 34.0 Å². The molecule has 0 bridgehead atoms. The van der Waals surface area contributed by atoms with Crippen LogP contribution < -0.4 is 5.43 Å². The van der Waals surface area contributed by atoms with E-state index >= 15 is 0 Å². The van der Waals surface area contributed by atoms with Crippen LogP contribution in [0, 0.1) is 18.3 Å². The summed E-state index contributed by atoms with van der Waals surface area (Å²) in [4.78, 5) is 4.27. The van der Waals surface area contributed by atoms with Crippen LogP contribution in [0.25, 0.3) is 0 Å². The molecule has 0 aliphatic rings. The molecule has 2 aromatic heterocycles. The number of nitrogens with one attached hydrogen (secondary N) is 1. The lowest BCUT2D eigenvalue weighted by molar-refractivity contribution is 0.184. The van der Waals surface area contributed by atoms with E-state index in [-0.39, 0.29) is 0 Å². The second kappa shape index (κ2) is 6.50. The molecule has 6 nitrogen and oxygen atoms in total. The molecule has 6 heteroatoms. The molecular formula is C14H14N4O2. The summed E-state index contributed by atoms with van der Waals surface area (Å²) in [6.45, 7) is 2.20. The zero-order valence-corrected chi connectivity index (χ0v) is 11.3. The van der Waals surface area contributed by atoms with Gasteiger partial charge in [-0.05, 0) is 25.1 Å². The van der Waals surface area contributed by atoms with Gasteiger partial charge in [0.15, 0.2) is 5.82 Å². The quantitative estimate of drug-likeness (QED) is 0.666. The second-order valence-electron chi connectivity index (χ2n) is 4.08. The summed E-state index contributed by atoms with van der Waals surface area (Å²) in [5.74, 6) is 1.02. The Bertz CT molecular complexity index is 642. The minimum absolute atomic E-state index is 0.350. The molecule has 0 saturated carbocycles. The standard InChI is InChI=1S/C14H14N4O2/c1-10-6-11(9-19-2)13(7-15)14(17-10)18-16-8-12-4-3-5-20-12/h3-6,8H,9H2,1-2H3,(H,17,18)/b16-8+. The first-order chi connectivity index (χ1) is 9.74. The van der Waals surface area contributed by atoms with Crippen LogP contribution in [0.1, 0.15) is 22.6 Å². The van der Waals surface area contributed by atoms with E-state index in [4.69, 9.17) is 9.15 Å². The van der Waals surface area contributed by atoms with Gasteiger partial charge in [0.2, 0.25) is 0 Å². The van der Waals surface area contributed by atoms with Crippen molar-refractivity contribution >= 4 is 12.0 Å². The maximum absolute atomic E-state index is 9.24. The van der Waals surface area contributed by atoms with Crippen molar-refractivity contribution in [2.45, 2.75) is 13.5 Å². The van der Waals surface area contributed by atoms with Gasteiger partial charge in [0, 0.05) is 18.4 Å². The first-order valence-corrected chi connectivity index (χ1v) is 5.96. The minimum atomic E-state index is 0.350. The van der Waals surface area contributed by atoms with Crippen molar-refractivity contribution < 1.29 is 9.15 Å². The minimum Gasteiger partial charge on any atom is -0.463 e. The average Bonchev–Trinajstić information content (AvgIpc) is 2.92. The van der Waals surface area contributed by atoms with Gasteiger partial charge in [-0.15, -0.1) is 0 Å². The van der Waals surface area contributed by atoms with Crippen LogP contribution in [-0.4, -0.2) is 18.3 Å². The molecule has 102 valence electrons. The number of methoxy groups -OCH3 is 1. The Kier molecular flexibility index (Phi) is 4.47. The lowest BCUT2D eigenvalue weighted by Gasteiger charge is -2.08. The summed E-state index contributed by atoms with van der Waals surface area (Å²) in [5.41, 5.74) is 4.75. The number of nitriles is 1. The highest BCUT2D eigenvalue weighted by Gasteiger charge is 2.10. The van der Waals surface area contributed by atoms with Crippen molar-refractivity contribution in [3.8, 4) is 6.07 Å². The molecule has 2 aromatic rings. The molecule has 0 unspecified atom stereocenters. The molecule has 20 heavy (non-hydrogen) atoms. The van der Waals surface area contributed by atoms with Crippen molar-refractivity contribution in [2.24, 2.45) is 5.10 Å². The number of furan rings is 1. The summed E-state index contributed by atoms with van der Waals surface area (Å²) < 4.78 is 10.2. The maximum atomic E-state index is 9.24. The SMILES string of the molecule is COCc1cc(C)nc(N/N=C/c2ccco2)c1C#N. The summed E-state index contributed by atoms with van der Waals surface area (Å²) in [5, 5.41) is 13.3. The third-order valence-corrected chi connectivity index (χ3v) is 2.55. The van der Waals surface area contributed by atoms with Gasteiger partial charge in [0.25, 0.3) is 0 Å². The molecule has 0 atom stereocenters. The van der Waals surface area contributed by atoms with Gasteiger partial charge in [-0.2, -0.15) is 10.4 Å². The highest BCUT2D eigenvalue weighted by molar-refractivity contribution is 5.76. The predicted octanol–water partition coefficient (Wildman–Crippen LogP) is 2.45. The van der Waals surface area contributed by atoms with Crippen molar-refractivity contribution in [2.75, 3.05) is 12.5 Å². The summed E-state index contributed by atoms with van der Waals surface area (Å²) in [7, 11) is 1.58. The number of nitrogens with zero attached hydrogens (tertiary/aromatic N) is 3. The van der Waals surface area contributed by atoms with Crippen molar-refractivity contribution in [3.05, 3.63) is 47.0 Å². The smallest absolute Gasteiger partial charge is 0.164 e. The third kappa shape index (κ3) is 3.22. The molecular weight excluding hydrogens is 256 g/mol. The summed E-state index contributed by atoms with van der Waals surface area (Å²) >= 11 is 0. The molecule has 0 saturated heterocycles. The molecule has 0 aromatic carbocycles. The van der Waals surface area contributed by atoms with Crippen LogP contribution in [0.3, 0.4) is 0 Å². The van der Waals surface area contributed by atoms with Gasteiger partial charge in [-0.25, -0.2) is 4.98 Å². The number of hydrogen-bond acceptors (Lipinski definition) is 6. The van der Waals surface area contributed by atoms with E-state index in [9.17, 15) is 5.26 Å². The van der Waals surface area contributed by atoms with Crippen LogP contribution in [0.4, 0.5) is 5.82 Å². The topological polar surface area (TPSA) is 83.4 Å². The first-order valence-electron chi connectivity index (χ1n) is 5.96. The molecule has 1 N–H and O–H groups in total. The summed E-state index contributed by atoms with van der Waals surface area (Å²) in [6.07, 6.45) is 3.07. The predicted molar refractivity (Wildman–Crippen MR) is 74.3 cm³/mol. The Balaban J connectivity index is 2.24. The fourth-order valence-corrected chi connectivity index (χ4v) is 1.74. The number of anilines is 1. The highest BCUT2D eigenvalue weighted by Crippen LogP contribution is 2.19. The van der Waals surface area contributed by atoms with Gasteiger partial charge in [0.1, 0.15) is 17.4 Å². The Hall–Kier alpha value is -2.65. The van der Waals surface area contributed by atoms with E-state index in [1.54, 1.807) is 25.5 Å². The van der Waals surface area contributed by atoms with Crippen LogP contribution >= 0.6 is 0 Å². The van der Waals surface area contributed by atoms with E-state index in [1.807, 2.05) is 13.0 Å². The monoisotopic (exact) mass is 270 g/mol. The number of ether oxygens (including phenoxy) is 1. The third-order valence-electron chi connectivity index (χ3n) is 2.55. The maximum Gasteiger partial charge on any atom is 0.164 e. The van der Waals surface area contributed by atoms with Gasteiger partial charge in [-0.1, -0.05) is 0 Å². The average molecular weight is 270 g/mol. The molecule has 0 radical (unpaired) electrons. The van der Waals surface area contributed by atoms with Gasteiger partial charge in [-0.3, -0.25) is 5.43 Å². The van der Waals surface area contributed by atoms with Crippen molar-refractivity contribution in [1.82, 2.24) is 4.98 Å². The van der Waals surface area contributed by atoms with Crippen molar-refractivity contribution in [3.63, 3.8) is 0 Å². The highest BCUT2D eigenvalue weighted by atomic mass is 16.5. The van der Waals surface area contributed by atoms with E-state index in [0.717, 1.165) is 11.3 Å². The van der Waals surface area contributed by atoms with Crippen molar-refractivity contribution in [1.29, 1.82) is 5.26 Å². The molecule has 0 aliphatic heterocycles. The fourth-order valence-electron chi connectivity index (χ4n) is 1.74. The molecule has 0 fully saturated rings. The Labute approximate surface area is 116 Å². The van der Waals surface area contributed by atoms with Crippen LogP contribution in [0.5, 0.6) is 0 Å². The molecule has 0 aliphatic carbocycles. The van der Waals surface area contributed by atoms with Gasteiger partial charge in [0.05, 0.1) is 19.1 Å². The molecule has 2 heterocycles. The van der Waals surface area contributed by atoms with Crippen LogP contribution in [-0.2, 0) is 11.3 Å². The van der Waals surface area contributed by atoms with E-state index < -0.39 is 0 Å². The zero-order chi connectivity index (χ0) is 14.4. The number of aromatic nitrogens is 1. The summed E-state index contributed by atoms with van der Waals surface area (Å²) in [6, 6.07) is 7.48. The largest absolute Gasteiger partial charge is 0.463 e. The molecule has 0 amide bonds. The van der Waals surface area contributed by atoms with Gasteiger partial charge < -0.3 is 9.15 Å². The lowest BCUT2D eigenvalue weighted by Crippen LogP contribution is -2.03.